The van der Waals surface area contributed by atoms with Gasteiger partial charge in [-0.05, 0) is 12.3 Å². The lowest BCUT2D eigenvalue weighted by atomic mass is 9.97. The SMILES string of the molecule is CCC[C@@H]1OC(=O)N[C@@H]1C(C)C. The van der Waals surface area contributed by atoms with E-state index >= 15 is 0 Å². The largest absolute Gasteiger partial charge is 0.444 e. The van der Waals surface area contributed by atoms with Crippen LogP contribution in [0.2, 0.25) is 0 Å². The zero-order chi connectivity index (χ0) is 9.14. The number of cyclic esters (lactones) is 1. The van der Waals surface area contributed by atoms with E-state index in [2.05, 4.69) is 26.1 Å². The first-order chi connectivity index (χ1) is 5.65. The molecule has 1 saturated heterocycles. The maximum atomic E-state index is 10.9. The highest BCUT2D eigenvalue weighted by atomic mass is 16.6. The zero-order valence-corrected chi connectivity index (χ0v) is 7.96. The fourth-order valence-electron chi connectivity index (χ4n) is 1.59. The molecule has 2 atom stereocenters. The predicted octanol–water partition coefficient (Wildman–Crippen LogP) is 1.92. The monoisotopic (exact) mass is 171 g/mol. The van der Waals surface area contributed by atoms with Crippen molar-refractivity contribution >= 4 is 6.09 Å². The number of alkyl carbamates (subject to hydrolysis) is 1. The van der Waals surface area contributed by atoms with Crippen molar-refractivity contribution in [2.75, 3.05) is 0 Å². The Kier molecular flexibility index (Phi) is 2.95. The van der Waals surface area contributed by atoms with Gasteiger partial charge in [-0.2, -0.15) is 0 Å². The molecule has 3 heteroatoms. The van der Waals surface area contributed by atoms with Gasteiger partial charge >= 0.3 is 6.09 Å². The summed E-state index contributed by atoms with van der Waals surface area (Å²) in [5.41, 5.74) is 0. The number of amides is 1. The van der Waals surface area contributed by atoms with E-state index in [1.54, 1.807) is 0 Å². The number of nitrogens with one attached hydrogen (secondary N) is 1. The third kappa shape index (κ3) is 1.90. The fourth-order valence-corrected chi connectivity index (χ4v) is 1.59. The molecule has 1 amide bonds. The van der Waals surface area contributed by atoms with E-state index < -0.39 is 0 Å². The van der Waals surface area contributed by atoms with Gasteiger partial charge in [0.1, 0.15) is 6.10 Å². The van der Waals surface area contributed by atoms with Gasteiger partial charge in [0.05, 0.1) is 6.04 Å². The molecule has 1 heterocycles. The first-order valence-electron chi connectivity index (χ1n) is 4.62. The van der Waals surface area contributed by atoms with E-state index in [9.17, 15) is 4.79 Å². The van der Waals surface area contributed by atoms with Gasteiger partial charge in [0.25, 0.3) is 0 Å². The molecule has 0 aromatic rings. The van der Waals surface area contributed by atoms with Crippen molar-refractivity contribution in [3.63, 3.8) is 0 Å². The Hall–Kier alpha value is -0.730. The van der Waals surface area contributed by atoms with E-state index in [1.807, 2.05) is 0 Å². The number of carbonyl (C=O) groups is 1. The standard InChI is InChI=1S/C9H17NO2/c1-4-5-7-8(6(2)3)10-9(11)12-7/h6-8H,4-5H2,1-3H3,(H,10,11)/t7-,8+/m0/s1. The van der Waals surface area contributed by atoms with Crippen molar-refractivity contribution in [1.29, 1.82) is 0 Å². The second-order valence-corrected chi connectivity index (χ2v) is 3.65. The number of ether oxygens (including phenoxy) is 1. The summed E-state index contributed by atoms with van der Waals surface area (Å²) in [4.78, 5) is 10.9. The first kappa shape index (κ1) is 9.36. The topological polar surface area (TPSA) is 38.3 Å². The van der Waals surface area contributed by atoms with E-state index in [0.717, 1.165) is 12.8 Å². The third-order valence-electron chi connectivity index (χ3n) is 2.23. The molecule has 70 valence electrons. The summed E-state index contributed by atoms with van der Waals surface area (Å²) in [5.74, 6) is 0.452. The molecule has 0 aromatic heterocycles. The van der Waals surface area contributed by atoms with Crippen LogP contribution >= 0.6 is 0 Å². The summed E-state index contributed by atoms with van der Waals surface area (Å²) >= 11 is 0. The number of hydrogen-bond acceptors (Lipinski definition) is 2. The van der Waals surface area contributed by atoms with Gasteiger partial charge < -0.3 is 10.1 Å². The Morgan fingerprint density at radius 3 is 2.75 bits per heavy atom. The fraction of sp³-hybridized carbons (Fsp3) is 0.889. The van der Waals surface area contributed by atoms with Gasteiger partial charge in [-0.15, -0.1) is 0 Å². The van der Waals surface area contributed by atoms with Crippen LogP contribution in [0.5, 0.6) is 0 Å². The third-order valence-corrected chi connectivity index (χ3v) is 2.23. The van der Waals surface area contributed by atoms with Crippen LogP contribution in [-0.4, -0.2) is 18.2 Å². The minimum absolute atomic E-state index is 0.0856. The molecule has 0 spiro atoms. The molecular weight excluding hydrogens is 154 g/mol. The van der Waals surface area contributed by atoms with Gasteiger partial charge in [-0.3, -0.25) is 0 Å². The van der Waals surface area contributed by atoms with Crippen LogP contribution in [0.1, 0.15) is 33.6 Å². The molecule has 1 N–H and O–H groups in total. The maximum Gasteiger partial charge on any atom is 0.407 e. The minimum atomic E-state index is -0.257. The van der Waals surface area contributed by atoms with Crippen LogP contribution in [0, 0.1) is 5.92 Å². The van der Waals surface area contributed by atoms with E-state index in [-0.39, 0.29) is 18.2 Å². The van der Waals surface area contributed by atoms with Crippen LogP contribution in [0.4, 0.5) is 4.79 Å². The first-order valence-corrected chi connectivity index (χ1v) is 4.62. The van der Waals surface area contributed by atoms with Crippen LogP contribution in [-0.2, 0) is 4.74 Å². The molecule has 12 heavy (non-hydrogen) atoms. The normalized spacial score (nSPS) is 28.8. The highest BCUT2D eigenvalue weighted by Crippen LogP contribution is 2.19. The lowest BCUT2D eigenvalue weighted by Gasteiger charge is -2.19. The Morgan fingerprint density at radius 2 is 2.25 bits per heavy atom. The second kappa shape index (κ2) is 3.78. The molecule has 1 fully saturated rings. The van der Waals surface area contributed by atoms with Crippen LogP contribution < -0.4 is 5.32 Å². The molecule has 0 radical (unpaired) electrons. The highest BCUT2D eigenvalue weighted by Gasteiger charge is 2.34. The van der Waals surface area contributed by atoms with Crippen molar-refractivity contribution < 1.29 is 9.53 Å². The molecule has 0 aliphatic carbocycles. The summed E-state index contributed by atoms with van der Waals surface area (Å²) in [6.45, 7) is 6.30. The zero-order valence-electron chi connectivity index (χ0n) is 7.96. The Labute approximate surface area is 73.5 Å². The van der Waals surface area contributed by atoms with Gasteiger partial charge in [-0.25, -0.2) is 4.79 Å². The predicted molar refractivity (Wildman–Crippen MR) is 46.9 cm³/mol. The van der Waals surface area contributed by atoms with E-state index in [4.69, 9.17) is 4.74 Å². The lowest BCUT2D eigenvalue weighted by Crippen LogP contribution is -2.36. The molecular formula is C9H17NO2. The van der Waals surface area contributed by atoms with E-state index in [0.29, 0.717) is 5.92 Å². The van der Waals surface area contributed by atoms with Crippen molar-refractivity contribution in [1.82, 2.24) is 5.32 Å². The van der Waals surface area contributed by atoms with Crippen molar-refractivity contribution in [3.8, 4) is 0 Å². The molecule has 1 rings (SSSR count). The maximum absolute atomic E-state index is 10.9. The average Bonchev–Trinajstić information content (AvgIpc) is 2.32. The summed E-state index contributed by atoms with van der Waals surface area (Å²) in [6.07, 6.45) is 1.85. The lowest BCUT2D eigenvalue weighted by molar-refractivity contribution is 0.119. The highest BCUT2D eigenvalue weighted by molar-refractivity contribution is 5.70. The molecule has 1 aliphatic rings. The summed E-state index contributed by atoms with van der Waals surface area (Å²) in [6, 6.07) is 0.206. The number of carbonyl (C=O) groups excluding carboxylic acids is 1. The molecule has 3 nitrogen and oxygen atoms in total. The molecule has 1 aliphatic heterocycles. The van der Waals surface area contributed by atoms with Crippen LogP contribution in [0.25, 0.3) is 0 Å². The van der Waals surface area contributed by atoms with Crippen LogP contribution in [0.15, 0.2) is 0 Å². The molecule has 0 bridgehead atoms. The average molecular weight is 171 g/mol. The Morgan fingerprint density at radius 1 is 1.58 bits per heavy atom. The number of rotatable bonds is 3. The summed E-state index contributed by atoms with van der Waals surface area (Å²) in [7, 11) is 0. The minimum Gasteiger partial charge on any atom is -0.444 e. The van der Waals surface area contributed by atoms with Gasteiger partial charge in [0, 0.05) is 0 Å². The van der Waals surface area contributed by atoms with Gasteiger partial charge in [-0.1, -0.05) is 27.2 Å². The van der Waals surface area contributed by atoms with E-state index in [1.165, 1.54) is 0 Å². The van der Waals surface area contributed by atoms with Crippen molar-refractivity contribution in [2.45, 2.75) is 45.8 Å². The molecule has 0 aromatic carbocycles. The Bertz CT molecular complexity index is 168. The summed E-state index contributed by atoms with van der Waals surface area (Å²) in [5, 5.41) is 2.83. The molecule has 0 unspecified atom stereocenters. The summed E-state index contributed by atoms with van der Waals surface area (Å²) < 4.78 is 5.13. The molecule has 0 saturated carbocycles. The van der Waals surface area contributed by atoms with Crippen molar-refractivity contribution in [3.05, 3.63) is 0 Å². The van der Waals surface area contributed by atoms with Crippen LogP contribution in [0.3, 0.4) is 0 Å². The number of hydrogen-bond donors (Lipinski definition) is 1. The quantitative estimate of drug-likeness (QED) is 0.704. The van der Waals surface area contributed by atoms with Crippen molar-refractivity contribution in [2.24, 2.45) is 5.92 Å². The Balaban J connectivity index is 2.53. The smallest absolute Gasteiger partial charge is 0.407 e. The van der Waals surface area contributed by atoms with Gasteiger partial charge in [0.15, 0.2) is 0 Å². The van der Waals surface area contributed by atoms with Gasteiger partial charge in [0.2, 0.25) is 0 Å². The second-order valence-electron chi connectivity index (χ2n) is 3.65.